The Morgan fingerprint density at radius 1 is 1.28 bits per heavy atom. The maximum Gasteiger partial charge on any atom is 0.212 e. The van der Waals surface area contributed by atoms with E-state index in [1.807, 2.05) is 34.6 Å². The lowest BCUT2D eigenvalue weighted by Crippen LogP contribution is -2.18. The van der Waals surface area contributed by atoms with Crippen molar-refractivity contribution in [3.8, 4) is 11.2 Å². The molecule has 0 saturated heterocycles. The molecule has 0 atom stereocenters. The number of aromatic nitrogens is 4. The van der Waals surface area contributed by atoms with Crippen LogP contribution in [0, 0.1) is 25.2 Å². The molecule has 0 aliphatic heterocycles. The third kappa shape index (κ3) is 2.02. The van der Waals surface area contributed by atoms with Crippen LogP contribution in [0.15, 0.2) is 0 Å². The molecule has 0 N–H and O–H groups in total. The number of aryl methyl sites for hydroxylation is 2. The van der Waals surface area contributed by atoms with Gasteiger partial charge in [-0.25, -0.2) is 4.98 Å². The van der Waals surface area contributed by atoms with Crippen molar-refractivity contribution in [3.63, 3.8) is 0 Å². The van der Waals surface area contributed by atoms with Crippen LogP contribution in [-0.2, 0) is 5.41 Å². The van der Waals surface area contributed by atoms with Gasteiger partial charge in [-0.3, -0.25) is 0 Å². The minimum Gasteiger partial charge on any atom is -0.223 e. The van der Waals surface area contributed by atoms with E-state index in [1.165, 1.54) is 0 Å². The Hall–Kier alpha value is -1.74. The Bertz CT molecular complexity index is 604. The Balaban J connectivity index is 2.66. The van der Waals surface area contributed by atoms with Crippen molar-refractivity contribution >= 4 is 11.3 Å². The van der Waals surface area contributed by atoms with E-state index in [1.54, 1.807) is 16.0 Å². The first-order valence-corrected chi connectivity index (χ1v) is 6.47. The van der Waals surface area contributed by atoms with Crippen molar-refractivity contribution < 1.29 is 0 Å². The molecule has 2 rings (SSSR count). The van der Waals surface area contributed by atoms with Crippen LogP contribution in [0.5, 0.6) is 0 Å². The summed E-state index contributed by atoms with van der Waals surface area (Å²) in [5.74, 6) is 0. The summed E-state index contributed by atoms with van der Waals surface area (Å²) in [6.07, 6.45) is 0. The van der Waals surface area contributed by atoms with E-state index < -0.39 is 0 Å². The van der Waals surface area contributed by atoms with Gasteiger partial charge in [0.25, 0.3) is 0 Å². The van der Waals surface area contributed by atoms with Crippen LogP contribution in [0.1, 0.15) is 42.7 Å². The van der Waals surface area contributed by atoms with E-state index in [4.69, 9.17) is 5.26 Å². The third-order valence-corrected chi connectivity index (χ3v) is 3.73. The fourth-order valence-electron chi connectivity index (χ4n) is 1.71. The van der Waals surface area contributed by atoms with Crippen molar-refractivity contribution in [2.24, 2.45) is 0 Å². The molecule has 0 bridgehead atoms. The monoisotopic (exact) mass is 261 g/mol. The van der Waals surface area contributed by atoms with Crippen LogP contribution in [0.2, 0.25) is 0 Å². The molecule has 0 fully saturated rings. The number of hydrogen-bond donors (Lipinski definition) is 0. The first kappa shape index (κ1) is 12.7. The van der Waals surface area contributed by atoms with Gasteiger partial charge in [0.2, 0.25) is 5.13 Å². The lowest BCUT2D eigenvalue weighted by Gasteiger charge is -2.18. The van der Waals surface area contributed by atoms with Gasteiger partial charge in [0, 0.05) is 10.3 Å². The van der Waals surface area contributed by atoms with Gasteiger partial charge < -0.3 is 0 Å². The molecular formula is C12H15N5S. The fourth-order valence-corrected chi connectivity index (χ4v) is 2.57. The topological polar surface area (TPSA) is 67.4 Å². The van der Waals surface area contributed by atoms with E-state index in [0.717, 1.165) is 21.4 Å². The maximum absolute atomic E-state index is 9.12. The summed E-state index contributed by atoms with van der Waals surface area (Å²) < 4.78 is 1.68. The number of rotatable bonds is 1. The van der Waals surface area contributed by atoms with E-state index >= 15 is 0 Å². The van der Waals surface area contributed by atoms with Gasteiger partial charge >= 0.3 is 0 Å². The number of nitrogens with zero attached hydrogens (tertiary/aromatic N) is 5. The highest BCUT2D eigenvalue weighted by Gasteiger charge is 2.27. The van der Waals surface area contributed by atoms with Crippen LogP contribution < -0.4 is 0 Å². The van der Waals surface area contributed by atoms with Crippen molar-refractivity contribution in [2.45, 2.75) is 40.0 Å². The quantitative estimate of drug-likeness (QED) is 0.791. The van der Waals surface area contributed by atoms with Crippen LogP contribution >= 0.6 is 11.3 Å². The van der Waals surface area contributed by atoms with Crippen LogP contribution in [0.4, 0.5) is 0 Å². The molecule has 2 heterocycles. The minimum absolute atomic E-state index is 0.206. The number of hydrogen-bond acceptors (Lipinski definition) is 5. The summed E-state index contributed by atoms with van der Waals surface area (Å²) in [5, 5.41) is 17.9. The Kier molecular flexibility index (Phi) is 2.95. The summed E-state index contributed by atoms with van der Waals surface area (Å²) in [4.78, 5) is 5.62. The predicted octanol–water partition coefficient (Wildman–Crippen LogP) is 2.51. The zero-order valence-corrected chi connectivity index (χ0v) is 12.0. The molecule has 0 aliphatic rings. The van der Waals surface area contributed by atoms with Crippen molar-refractivity contribution in [3.05, 3.63) is 22.0 Å². The Morgan fingerprint density at radius 3 is 2.39 bits per heavy atom. The van der Waals surface area contributed by atoms with Crippen LogP contribution in [0.25, 0.3) is 5.13 Å². The molecule has 2 aromatic rings. The fraction of sp³-hybridized carbons (Fsp3) is 0.500. The second kappa shape index (κ2) is 4.18. The molecule has 6 heteroatoms. The average Bonchev–Trinajstić information content (AvgIpc) is 2.82. The van der Waals surface area contributed by atoms with Gasteiger partial charge in [-0.05, 0) is 13.8 Å². The molecule has 0 aliphatic carbocycles. The summed E-state index contributed by atoms with van der Waals surface area (Å²) in [7, 11) is 0. The smallest absolute Gasteiger partial charge is 0.212 e. The minimum atomic E-state index is -0.206. The largest absolute Gasteiger partial charge is 0.223 e. The molecule has 2 aromatic heterocycles. The molecule has 0 unspecified atom stereocenters. The molecule has 0 radical (unpaired) electrons. The van der Waals surface area contributed by atoms with E-state index in [9.17, 15) is 0 Å². The SMILES string of the molecule is Cc1nc(-n2nnc(C#N)c2C(C)(C)C)sc1C. The van der Waals surface area contributed by atoms with E-state index in [2.05, 4.69) is 21.4 Å². The lowest BCUT2D eigenvalue weighted by atomic mass is 9.90. The molecule has 0 saturated carbocycles. The maximum atomic E-state index is 9.12. The average molecular weight is 261 g/mol. The van der Waals surface area contributed by atoms with Crippen LogP contribution in [0.3, 0.4) is 0 Å². The van der Waals surface area contributed by atoms with Crippen molar-refractivity contribution in [2.75, 3.05) is 0 Å². The van der Waals surface area contributed by atoms with Gasteiger partial charge in [0.15, 0.2) is 5.69 Å². The first-order valence-electron chi connectivity index (χ1n) is 5.65. The van der Waals surface area contributed by atoms with Gasteiger partial charge in [-0.2, -0.15) is 9.94 Å². The Labute approximate surface area is 110 Å². The number of thiazole rings is 1. The zero-order valence-electron chi connectivity index (χ0n) is 11.1. The first-order chi connectivity index (χ1) is 8.34. The second-order valence-corrected chi connectivity index (χ2v) is 6.38. The van der Waals surface area contributed by atoms with Gasteiger partial charge in [0.1, 0.15) is 6.07 Å². The lowest BCUT2D eigenvalue weighted by molar-refractivity contribution is 0.540. The van der Waals surface area contributed by atoms with Gasteiger partial charge in [0.05, 0.1) is 11.4 Å². The highest BCUT2D eigenvalue weighted by molar-refractivity contribution is 7.14. The van der Waals surface area contributed by atoms with Crippen molar-refractivity contribution in [1.29, 1.82) is 5.26 Å². The van der Waals surface area contributed by atoms with Crippen LogP contribution in [-0.4, -0.2) is 20.0 Å². The molecule has 94 valence electrons. The zero-order chi connectivity index (χ0) is 13.5. The summed E-state index contributed by atoms with van der Waals surface area (Å²) in [6, 6.07) is 2.10. The van der Waals surface area contributed by atoms with E-state index in [-0.39, 0.29) is 5.41 Å². The summed E-state index contributed by atoms with van der Waals surface area (Å²) in [6.45, 7) is 10.1. The molecular weight excluding hydrogens is 246 g/mol. The predicted molar refractivity (Wildman–Crippen MR) is 69.9 cm³/mol. The van der Waals surface area contributed by atoms with Gasteiger partial charge in [-0.15, -0.1) is 5.10 Å². The standard InChI is InChI=1S/C12H15N5S/c1-7-8(2)18-11(14-7)17-10(12(3,4)5)9(6-13)15-16-17/h1-5H3. The third-order valence-electron chi connectivity index (χ3n) is 2.69. The summed E-state index contributed by atoms with van der Waals surface area (Å²) in [5.41, 5.74) is 1.96. The second-order valence-electron chi connectivity index (χ2n) is 5.20. The van der Waals surface area contributed by atoms with Gasteiger partial charge in [-0.1, -0.05) is 37.3 Å². The Morgan fingerprint density at radius 2 is 1.94 bits per heavy atom. The number of nitriles is 1. The highest BCUT2D eigenvalue weighted by Crippen LogP contribution is 2.29. The molecule has 0 amide bonds. The highest BCUT2D eigenvalue weighted by atomic mass is 32.1. The van der Waals surface area contributed by atoms with E-state index in [0.29, 0.717) is 5.69 Å². The molecule has 18 heavy (non-hydrogen) atoms. The molecule has 0 spiro atoms. The van der Waals surface area contributed by atoms with Crippen molar-refractivity contribution in [1.82, 2.24) is 20.0 Å². The normalized spacial score (nSPS) is 11.6. The molecule has 0 aromatic carbocycles. The molecule has 5 nitrogen and oxygen atoms in total. The summed E-state index contributed by atoms with van der Waals surface area (Å²) >= 11 is 1.56.